The zero-order valence-corrected chi connectivity index (χ0v) is 19.0. The summed E-state index contributed by atoms with van der Waals surface area (Å²) >= 11 is 2.82. The number of amides is 1. The topological polar surface area (TPSA) is 45.6 Å². The highest BCUT2D eigenvalue weighted by molar-refractivity contribution is 8.18. The lowest BCUT2D eigenvalue weighted by molar-refractivity contribution is -0.124. The summed E-state index contributed by atoms with van der Waals surface area (Å²) in [5.74, 6) is -0.367. The number of amidine groups is 1. The first-order chi connectivity index (χ1) is 15.7. The molecular formula is C25H22FN3OS2. The Morgan fingerprint density at radius 3 is 2.66 bits per heavy atom. The average molecular weight is 464 g/mol. The third kappa shape index (κ3) is 4.54. The number of hydrogen-bond acceptors (Lipinski definition) is 5. The lowest BCUT2D eigenvalue weighted by Gasteiger charge is -2.30. The third-order valence-electron chi connectivity index (χ3n) is 5.68. The fraction of sp³-hybridized carbons (Fsp3) is 0.240. The van der Waals surface area contributed by atoms with Gasteiger partial charge in [-0.3, -0.25) is 9.69 Å². The van der Waals surface area contributed by atoms with Crippen molar-refractivity contribution in [1.29, 1.82) is 0 Å². The van der Waals surface area contributed by atoms with Gasteiger partial charge in [-0.2, -0.15) is 4.99 Å². The van der Waals surface area contributed by atoms with Crippen LogP contribution in [0.2, 0.25) is 0 Å². The van der Waals surface area contributed by atoms with Crippen molar-refractivity contribution in [2.45, 2.75) is 38.1 Å². The fourth-order valence-electron chi connectivity index (χ4n) is 4.11. The van der Waals surface area contributed by atoms with E-state index in [9.17, 15) is 9.18 Å². The molecule has 4 nitrogen and oxygen atoms in total. The number of carbonyl (C=O) groups excluding carboxylic acids is 1. The minimum atomic E-state index is -0.316. The van der Waals surface area contributed by atoms with Crippen molar-refractivity contribution in [3.05, 3.63) is 76.3 Å². The molecule has 5 rings (SSSR count). The molecule has 32 heavy (non-hydrogen) atoms. The molecule has 1 saturated carbocycles. The molecule has 1 aromatic heterocycles. The molecular weight excluding hydrogens is 441 g/mol. The number of hydrogen-bond donors (Lipinski definition) is 0. The number of thiazole rings is 1. The molecule has 0 N–H and O–H groups in total. The van der Waals surface area contributed by atoms with Gasteiger partial charge in [0.15, 0.2) is 5.17 Å². The number of nitrogens with zero attached hydrogens (tertiary/aromatic N) is 3. The molecule has 2 heterocycles. The fourth-order valence-corrected chi connectivity index (χ4v) is 5.91. The van der Waals surface area contributed by atoms with Gasteiger partial charge in [-0.1, -0.05) is 61.7 Å². The first-order valence-corrected chi connectivity index (χ1v) is 12.5. The van der Waals surface area contributed by atoms with Gasteiger partial charge in [0.1, 0.15) is 5.82 Å². The van der Waals surface area contributed by atoms with Gasteiger partial charge in [0, 0.05) is 17.0 Å². The molecule has 2 aromatic carbocycles. The van der Waals surface area contributed by atoms with Crippen molar-refractivity contribution >= 4 is 45.4 Å². The van der Waals surface area contributed by atoms with Gasteiger partial charge < -0.3 is 0 Å². The Bertz CT molecular complexity index is 1180. The average Bonchev–Trinajstić information content (AvgIpc) is 3.40. The standard InChI is InChI=1S/C25H22FN3OS2/c26-19-11-7-8-17(14-19)15-22-23(30)29(20-12-5-2-6-13-20)25(32-22)28-24-27-21(16-31-24)18-9-3-1-4-10-18/h1,3-4,7-11,14-16,20H,2,5-6,12-13H2/b22-15-,28-25+. The predicted molar refractivity (Wildman–Crippen MR) is 130 cm³/mol. The van der Waals surface area contributed by atoms with Crippen LogP contribution in [0.25, 0.3) is 17.3 Å². The molecule has 2 fully saturated rings. The van der Waals surface area contributed by atoms with Crippen LogP contribution in [0.1, 0.15) is 37.7 Å². The molecule has 1 aliphatic heterocycles. The quantitative estimate of drug-likeness (QED) is 0.396. The van der Waals surface area contributed by atoms with Crippen LogP contribution in [0, 0.1) is 5.82 Å². The van der Waals surface area contributed by atoms with E-state index in [0.717, 1.165) is 36.9 Å². The van der Waals surface area contributed by atoms with E-state index in [1.165, 1.54) is 41.7 Å². The maximum absolute atomic E-state index is 13.7. The predicted octanol–water partition coefficient (Wildman–Crippen LogP) is 6.89. The van der Waals surface area contributed by atoms with Crippen molar-refractivity contribution in [1.82, 2.24) is 9.88 Å². The van der Waals surface area contributed by atoms with Gasteiger partial charge in [0.25, 0.3) is 5.91 Å². The lowest BCUT2D eigenvalue weighted by atomic mass is 9.94. The molecule has 0 unspecified atom stereocenters. The highest BCUT2D eigenvalue weighted by Crippen LogP contribution is 2.39. The molecule has 3 aromatic rings. The number of carbonyl (C=O) groups is 1. The summed E-state index contributed by atoms with van der Waals surface area (Å²) in [5, 5.41) is 3.29. The highest BCUT2D eigenvalue weighted by atomic mass is 32.2. The number of aliphatic imine (C=N–C) groups is 1. The van der Waals surface area contributed by atoms with E-state index in [2.05, 4.69) is 4.98 Å². The summed E-state index contributed by atoms with van der Waals surface area (Å²) in [5.41, 5.74) is 2.59. The lowest BCUT2D eigenvalue weighted by Crippen LogP contribution is -2.40. The third-order valence-corrected chi connectivity index (χ3v) is 7.39. The van der Waals surface area contributed by atoms with E-state index in [1.54, 1.807) is 18.2 Å². The second kappa shape index (κ2) is 9.38. The second-order valence-corrected chi connectivity index (χ2v) is 9.75. The van der Waals surface area contributed by atoms with Gasteiger partial charge >= 0.3 is 0 Å². The maximum atomic E-state index is 13.7. The molecule has 0 spiro atoms. The normalized spacial score (nSPS) is 19.9. The van der Waals surface area contributed by atoms with E-state index in [1.807, 2.05) is 40.6 Å². The van der Waals surface area contributed by atoms with Crippen molar-refractivity contribution in [3.8, 4) is 11.3 Å². The van der Waals surface area contributed by atoms with Crippen LogP contribution in [0.5, 0.6) is 0 Å². The number of halogens is 1. The molecule has 0 radical (unpaired) electrons. The van der Waals surface area contributed by atoms with Crippen molar-refractivity contribution in [3.63, 3.8) is 0 Å². The Labute approximate surface area is 194 Å². The van der Waals surface area contributed by atoms with Gasteiger partial charge in [0.2, 0.25) is 5.13 Å². The van der Waals surface area contributed by atoms with Crippen LogP contribution in [0.15, 0.2) is 69.9 Å². The minimum absolute atomic E-state index is 0.0512. The van der Waals surface area contributed by atoms with Crippen LogP contribution >= 0.6 is 23.1 Å². The van der Waals surface area contributed by atoms with Gasteiger partial charge in [0.05, 0.1) is 10.6 Å². The molecule has 1 saturated heterocycles. The van der Waals surface area contributed by atoms with E-state index >= 15 is 0 Å². The van der Waals surface area contributed by atoms with Gasteiger partial charge in [-0.15, -0.1) is 11.3 Å². The zero-order valence-electron chi connectivity index (χ0n) is 17.4. The van der Waals surface area contributed by atoms with Crippen LogP contribution in [-0.2, 0) is 4.79 Å². The first-order valence-electron chi connectivity index (χ1n) is 10.8. The molecule has 162 valence electrons. The van der Waals surface area contributed by atoms with Crippen molar-refractivity contribution < 1.29 is 9.18 Å². The number of thioether (sulfide) groups is 1. The molecule has 7 heteroatoms. The van der Waals surface area contributed by atoms with E-state index in [4.69, 9.17) is 4.99 Å². The van der Waals surface area contributed by atoms with Crippen molar-refractivity contribution in [2.75, 3.05) is 0 Å². The Morgan fingerprint density at radius 2 is 1.88 bits per heavy atom. The molecule has 0 atom stereocenters. The number of benzene rings is 2. The number of rotatable bonds is 4. The second-order valence-electron chi connectivity index (χ2n) is 7.91. The highest BCUT2D eigenvalue weighted by Gasteiger charge is 2.38. The van der Waals surface area contributed by atoms with Gasteiger partial charge in [-0.05, 0) is 48.4 Å². The van der Waals surface area contributed by atoms with E-state index < -0.39 is 0 Å². The Kier molecular flexibility index (Phi) is 6.19. The summed E-state index contributed by atoms with van der Waals surface area (Å²) in [6, 6.07) is 16.4. The van der Waals surface area contributed by atoms with Crippen LogP contribution < -0.4 is 0 Å². The Balaban J connectivity index is 1.48. The number of aromatic nitrogens is 1. The molecule has 1 aliphatic carbocycles. The summed E-state index contributed by atoms with van der Waals surface area (Å²) in [4.78, 5) is 25.3. The van der Waals surface area contributed by atoms with Crippen LogP contribution in [0.3, 0.4) is 0 Å². The first kappa shape index (κ1) is 21.1. The van der Waals surface area contributed by atoms with E-state index in [0.29, 0.717) is 20.8 Å². The van der Waals surface area contributed by atoms with Crippen LogP contribution in [-0.4, -0.2) is 27.0 Å². The summed E-state index contributed by atoms with van der Waals surface area (Å²) in [7, 11) is 0. The van der Waals surface area contributed by atoms with E-state index in [-0.39, 0.29) is 17.8 Å². The Morgan fingerprint density at radius 1 is 1.06 bits per heavy atom. The Hall–Kier alpha value is -2.77. The zero-order chi connectivity index (χ0) is 21.9. The summed E-state index contributed by atoms with van der Waals surface area (Å²) < 4.78 is 13.7. The smallest absolute Gasteiger partial charge is 0.267 e. The summed E-state index contributed by atoms with van der Waals surface area (Å²) in [6.07, 6.45) is 7.15. The maximum Gasteiger partial charge on any atom is 0.267 e. The SMILES string of the molecule is O=C1/C(=C/c2cccc(F)c2)S/C(=N/c2nc(-c3ccccc3)cs2)N1C1CCCCC1. The molecule has 0 bridgehead atoms. The molecule has 2 aliphatic rings. The van der Waals surface area contributed by atoms with Crippen molar-refractivity contribution in [2.24, 2.45) is 4.99 Å². The van der Waals surface area contributed by atoms with Crippen LogP contribution in [0.4, 0.5) is 9.52 Å². The largest absolute Gasteiger partial charge is 0.283 e. The molecule has 1 amide bonds. The summed E-state index contributed by atoms with van der Waals surface area (Å²) in [6.45, 7) is 0. The van der Waals surface area contributed by atoms with Gasteiger partial charge in [-0.25, -0.2) is 9.37 Å². The minimum Gasteiger partial charge on any atom is -0.283 e. The monoisotopic (exact) mass is 463 g/mol.